The number of alkyl halides is 3. The number of halogens is 3. The summed E-state index contributed by atoms with van der Waals surface area (Å²) < 4.78 is 48.9. The number of hydrogen-bond donors (Lipinski definition) is 2. The van der Waals surface area contributed by atoms with Gasteiger partial charge in [-0.05, 0) is 35.9 Å². The number of primary amides is 1. The number of carbonyl (C=O) groups is 2. The van der Waals surface area contributed by atoms with Gasteiger partial charge in [0.25, 0.3) is 5.91 Å². The molecule has 10 heteroatoms. The fourth-order valence-electron chi connectivity index (χ4n) is 3.03. The molecule has 162 valence electrons. The number of benzene rings is 2. The molecule has 2 aromatic carbocycles. The van der Waals surface area contributed by atoms with E-state index in [0.29, 0.717) is 22.8 Å². The van der Waals surface area contributed by atoms with Crippen molar-refractivity contribution < 1.29 is 31.9 Å². The van der Waals surface area contributed by atoms with Crippen molar-refractivity contribution in [3.63, 3.8) is 0 Å². The number of rotatable bonds is 6. The summed E-state index contributed by atoms with van der Waals surface area (Å²) in [5.74, 6) is -1.39. The number of amides is 2. The lowest BCUT2D eigenvalue weighted by molar-refractivity contribution is -0.137. The van der Waals surface area contributed by atoms with Crippen molar-refractivity contribution in [2.45, 2.75) is 18.6 Å². The van der Waals surface area contributed by atoms with E-state index in [0.717, 1.165) is 18.2 Å². The zero-order valence-corrected chi connectivity index (χ0v) is 16.2. The Bertz CT molecular complexity index is 1200. The average molecular weight is 434 g/mol. The van der Waals surface area contributed by atoms with Crippen LogP contribution in [0.4, 0.5) is 13.2 Å². The summed E-state index contributed by atoms with van der Waals surface area (Å²) in [5, 5.41) is 2.81. The SMILES string of the molecule is COc1ccc2c(C[C@@H](NC(=O)c3cccc(C(F)(F)F)c3)C(N)=O)cc(=O)oc2c1. The van der Waals surface area contributed by atoms with Gasteiger partial charge in [-0.3, -0.25) is 9.59 Å². The highest BCUT2D eigenvalue weighted by atomic mass is 19.4. The summed E-state index contributed by atoms with van der Waals surface area (Å²) in [6, 6.07) is 8.35. The molecule has 0 aliphatic heterocycles. The van der Waals surface area contributed by atoms with E-state index in [4.69, 9.17) is 14.9 Å². The molecule has 1 heterocycles. The minimum Gasteiger partial charge on any atom is -0.497 e. The minimum atomic E-state index is -4.63. The molecule has 1 atom stereocenters. The van der Waals surface area contributed by atoms with Gasteiger partial charge in [0.05, 0.1) is 12.7 Å². The smallest absolute Gasteiger partial charge is 0.416 e. The number of nitrogens with two attached hydrogens (primary N) is 1. The second-order valence-electron chi connectivity index (χ2n) is 6.66. The Labute approximate surface area is 173 Å². The average Bonchev–Trinajstić information content (AvgIpc) is 2.71. The van der Waals surface area contributed by atoms with Crippen LogP contribution in [-0.4, -0.2) is 25.0 Å². The molecule has 3 N–H and O–H groups in total. The zero-order valence-electron chi connectivity index (χ0n) is 16.2. The van der Waals surface area contributed by atoms with Crippen molar-refractivity contribution in [2.24, 2.45) is 5.73 Å². The van der Waals surface area contributed by atoms with Gasteiger partial charge >= 0.3 is 11.8 Å². The first kappa shape index (κ1) is 21.9. The Morgan fingerprint density at radius 2 is 1.90 bits per heavy atom. The van der Waals surface area contributed by atoms with E-state index in [1.165, 1.54) is 19.2 Å². The number of nitrogens with one attached hydrogen (secondary N) is 1. The van der Waals surface area contributed by atoms with Crippen molar-refractivity contribution >= 4 is 22.8 Å². The van der Waals surface area contributed by atoms with E-state index >= 15 is 0 Å². The van der Waals surface area contributed by atoms with Gasteiger partial charge in [-0.2, -0.15) is 13.2 Å². The molecular weight excluding hydrogens is 417 g/mol. The van der Waals surface area contributed by atoms with Crippen LogP contribution >= 0.6 is 0 Å². The van der Waals surface area contributed by atoms with Gasteiger partial charge in [0.2, 0.25) is 5.91 Å². The van der Waals surface area contributed by atoms with Crippen molar-refractivity contribution in [3.8, 4) is 5.75 Å². The van der Waals surface area contributed by atoms with Crippen LogP contribution in [0, 0.1) is 0 Å². The van der Waals surface area contributed by atoms with Gasteiger partial charge < -0.3 is 20.2 Å². The molecule has 0 fully saturated rings. The lowest BCUT2D eigenvalue weighted by atomic mass is 10.0. The summed E-state index contributed by atoms with van der Waals surface area (Å²) in [4.78, 5) is 36.3. The molecule has 0 saturated carbocycles. The number of carbonyl (C=O) groups excluding carboxylic acids is 2. The molecule has 0 bridgehead atoms. The van der Waals surface area contributed by atoms with Gasteiger partial charge in [0, 0.05) is 29.5 Å². The minimum absolute atomic E-state index is 0.172. The highest BCUT2D eigenvalue weighted by Crippen LogP contribution is 2.29. The fourth-order valence-corrected chi connectivity index (χ4v) is 3.03. The molecule has 7 nitrogen and oxygen atoms in total. The van der Waals surface area contributed by atoms with Crippen LogP contribution in [0.1, 0.15) is 21.5 Å². The molecule has 2 amide bonds. The van der Waals surface area contributed by atoms with E-state index in [-0.39, 0.29) is 17.6 Å². The largest absolute Gasteiger partial charge is 0.497 e. The molecule has 0 saturated heterocycles. The van der Waals surface area contributed by atoms with Gasteiger partial charge in [0.15, 0.2) is 0 Å². The Kier molecular flexibility index (Phi) is 6.00. The van der Waals surface area contributed by atoms with E-state index < -0.39 is 35.2 Å². The molecular formula is C21H17F3N2O5. The van der Waals surface area contributed by atoms with Crippen LogP contribution in [0.2, 0.25) is 0 Å². The second-order valence-corrected chi connectivity index (χ2v) is 6.66. The zero-order chi connectivity index (χ0) is 22.8. The molecule has 0 unspecified atom stereocenters. The Balaban J connectivity index is 1.90. The summed E-state index contributed by atoms with van der Waals surface area (Å²) in [6.07, 6.45) is -4.80. The summed E-state index contributed by atoms with van der Waals surface area (Å²) in [5.41, 5.74) is 3.97. The molecule has 0 aliphatic carbocycles. The highest BCUT2D eigenvalue weighted by Gasteiger charge is 2.31. The fraction of sp³-hybridized carbons (Fsp3) is 0.190. The van der Waals surface area contributed by atoms with Gasteiger partial charge in [0.1, 0.15) is 17.4 Å². The van der Waals surface area contributed by atoms with E-state index in [1.807, 2.05) is 0 Å². The predicted molar refractivity (Wildman–Crippen MR) is 105 cm³/mol. The molecule has 3 rings (SSSR count). The summed E-state index contributed by atoms with van der Waals surface area (Å²) in [6.45, 7) is 0. The molecule has 3 aromatic rings. The second kappa shape index (κ2) is 8.50. The monoisotopic (exact) mass is 434 g/mol. The lowest BCUT2D eigenvalue weighted by Crippen LogP contribution is -2.46. The quantitative estimate of drug-likeness (QED) is 0.580. The van der Waals surface area contributed by atoms with Crippen LogP contribution in [-0.2, 0) is 17.4 Å². The third-order valence-electron chi connectivity index (χ3n) is 4.56. The standard InChI is InChI=1S/C21H17F3N2O5/c1-30-14-5-6-15-12(9-18(27)31-17(15)10-14)8-16(19(25)28)26-20(29)11-3-2-4-13(7-11)21(22,23)24/h2-7,9-10,16H,8H2,1H3,(H2,25,28)(H,26,29)/t16-/m1/s1. The molecule has 0 radical (unpaired) electrons. The van der Waals surface area contributed by atoms with E-state index in [1.54, 1.807) is 12.1 Å². The van der Waals surface area contributed by atoms with Gasteiger partial charge in [-0.25, -0.2) is 4.79 Å². The van der Waals surface area contributed by atoms with E-state index in [2.05, 4.69) is 5.32 Å². The van der Waals surface area contributed by atoms with Crippen molar-refractivity contribution in [1.82, 2.24) is 5.32 Å². The van der Waals surface area contributed by atoms with Gasteiger partial charge in [-0.15, -0.1) is 0 Å². The van der Waals surface area contributed by atoms with Crippen LogP contribution < -0.4 is 21.4 Å². The Morgan fingerprint density at radius 1 is 1.16 bits per heavy atom. The maximum absolute atomic E-state index is 12.9. The van der Waals surface area contributed by atoms with Crippen molar-refractivity contribution in [1.29, 1.82) is 0 Å². The first-order chi connectivity index (χ1) is 14.6. The van der Waals surface area contributed by atoms with Crippen molar-refractivity contribution in [3.05, 3.63) is 75.6 Å². The Morgan fingerprint density at radius 3 is 2.55 bits per heavy atom. The molecule has 0 spiro atoms. The number of hydrogen-bond acceptors (Lipinski definition) is 5. The molecule has 1 aromatic heterocycles. The molecule has 31 heavy (non-hydrogen) atoms. The predicted octanol–water partition coefficient (Wildman–Crippen LogP) is 2.65. The summed E-state index contributed by atoms with van der Waals surface area (Å²) in [7, 11) is 1.44. The van der Waals surface area contributed by atoms with Crippen LogP contribution in [0.5, 0.6) is 5.75 Å². The third kappa shape index (κ3) is 5.03. The maximum atomic E-state index is 12.9. The van der Waals surface area contributed by atoms with Crippen LogP contribution in [0.25, 0.3) is 11.0 Å². The first-order valence-corrected chi connectivity index (χ1v) is 8.96. The number of fused-ring (bicyclic) bond motifs is 1. The summed E-state index contributed by atoms with van der Waals surface area (Å²) >= 11 is 0. The topological polar surface area (TPSA) is 112 Å². The lowest BCUT2D eigenvalue weighted by Gasteiger charge is -2.17. The van der Waals surface area contributed by atoms with Gasteiger partial charge in [-0.1, -0.05) is 6.07 Å². The maximum Gasteiger partial charge on any atom is 0.416 e. The normalized spacial score (nSPS) is 12.4. The Hall–Kier alpha value is -3.82. The third-order valence-corrected chi connectivity index (χ3v) is 4.56. The van der Waals surface area contributed by atoms with E-state index in [9.17, 15) is 27.6 Å². The van der Waals surface area contributed by atoms with Crippen LogP contribution in [0.3, 0.4) is 0 Å². The van der Waals surface area contributed by atoms with Crippen molar-refractivity contribution in [2.75, 3.05) is 7.11 Å². The van der Waals surface area contributed by atoms with Crippen LogP contribution in [0.15, 0.2) is 57.7 Å². The number of ether oxygens (including phenoxy) is 1. The number of methoxy groups -OCH3 is 1. The molecule has 0 aliphatic rings. The first-order valence-electron chi connectivity index (χ1n) is 8.96. The highest BCUT2D eigenvalue weighted by molar-refractivity contribution is 5.97.